The SMILES string of the molecule is C=CCNC(=O)NCCNC(=O)c1ccccc1F. The molecular formula is C13H16FN3O2. The van der Waals surface area contributed by atoms with Crippen molar-refractivity contribution in [2.75, 3.05) is 19.6 Å². The molecule has 0 fully saturated rings. The number of benzene rings is 1. The van der Waals surface area contributed by atoms with E-state index in [-0.39, 0.29) is 24.7 Å². The van der Waals surface area contributed by atoms with E-state index in [1.807, 2.05) is 0 Å². The van der Waals surface area contributed by atoms with Gasteiger partial charge in [0.1, 0.15) is 5.82 Å². The molecular weight excluding hydrogens is 249 g/mol. The second kappa shape index (κ2) is 7.86. The van der Waals surface area contributed by atoms with E-state index in [1.165, 1.54) is 18.2 Å². The minimum absolute atomic E-state index is 0.0152. The first-order chi connectivity index (χ1) is 9.15. The van der Waals surface area contributed by atoms with Crippen molar-refractivity contribution in [2.45, 2.75) is 0 Å². The lowest BCUT2D eigenvalue weighted by atomic mass is 10.2. The van der Waals surface area contributed by atoms with Gasteiger partial charge in [-0.2, -0.15) is 0 Å². The van der Waals surface area contributed by atoms with Gasteiger partial charge < -0.3 is 16.0 Å². The highest BCUT2D eigenvalue weighted by Crippen LogP contribution is 2.05. The van der Waals surface area contributed by atoms with Gasteiger partial charge in [-0.25, -0.2) is 9.18 Å². The van der Waals surface area contributed by atoms with E-state index < -0.39 is 11.7 Å². The van der Waals surface area contributed by atoms with Crippen LogP contribution in [0.25, 0.3) is 0 Å². The Hall–Kier alpha value is -2.37. The molecule has 3 N–H and O–H groups in total. The molecule has 0 atom stereocenters. The molecule has 0 saturated heterocycles. The van der Waals surface area contributed by atoms with E-state index in [4.69, 9.17) is 0 Å². The first kappa shape index (κ1) is 14.7. The zero-order valence-corrected chi connectivity index (χ0v) is 10.4. The van der Waals surface area contributed by atoms with Crippen molar-refractivity contribution in [1.29, 1.82) is 0 Å². The molecule has 0 spiro atoms. The lowest BCUT2D eigenvalue weighted by Gasteiger charge is -2.08. The van der Waals surface area contributed by atoms with Gasteiger partial charge in [-0.3, -0.25) is 4.79 Å². The number of carbonyl (C=O) groups is 2. The summed E-state index contributed by atoms with van der Waals surface area (Å²) >= 11 is 0. The summed E-state index contributed by atoms with van der Waals surface area (Å²) in [5, 5.41) is 7.56. The topological polar surface area (TPSA) is 70.2 Å². The quantitative estimate of drug-likeness (QED) is 0.531. The highest BCUT2D eigenvalue weighted by molar-refractivity contribution is 5.94. The highest BCUT2D eigenvalue weighted by atomic mass is 19.1. The molecule has 0 heterocycles. The molecule has 0 aliphatic heterocycles. The van der Waals surface area contributed by atoms with Gasteiger partial charge in [-0.05, 0) is 12.1 Å². The fourth-order valence-corrected chi connectivity index (χ4v) is 1.32. The predicted molar refractivity (Wildman–Crippen MR) is 70.3 cm³/mol. The predicted octanol–water partition coefficient (Wildman–Crippen LogP) is 1.04. The Morgan fingerprint density at radius 3 is 2.53 bits per heavy atom. The van der Waals surface area contributed by atoms with E-state index in [9.17, 15) is 14.0 Å². The number of carbonyl (C=O) groups excluding carboxylic acids is 2. The van der Waals surface area contributed by atoms with Crippen LogP contribution in [0.4, 0.5) is 9.18 Å². The Bertz CT molecular complexity index is 463. The van der Waals surface area contributed by atoms with Gasteiger partial charge in [0.25, 0.3) is 5.91 Å². The van der Waals surface area contributed by atoms with Gasteiger partial charge in [0.05, 0.1) is 5.56 Å². The molecule has 1 aromatic carbocycles. The summed E-state index contributed by atoms with van der Waals surface area (Å²) in [4.78, 5) is 22.7. The molecule has 0 aromatic heterocycles. The van der Waals surface area contributed by atoms with Gasteiger partial charge >= 0.3 is 6.03 Å². The molecule has 0 saturated carbocycles. The molecule has 19 heavy (non-hydrogen) atoms. The lowest BCUT2D eigenvalue weighted by Crippen LogP contribution is -2.40. The van der Waals surface area contributed by atoms with Crippen LogP contribution in [0.15, 0.2) is 36.9 Å². The minimum Gasteiger partial charge on any atom is -0.350 e. The third-order valence-corrected chi connectivity index (χ3v) is 2.22. The van der Waals surface area contributed by atoms with Crippen LogP contribution in [0, 0.1) is 5.82 Å². The average Bonchev–Trinajstić information content (AvgIpc) is 2.41. The fourth-order valence-electron chi connectivity index (χ4n) is 1.32. The van der Waals surface area contributed by atoms with Crippen molar-refractivity contribution in [2.24, 2.45) is 0 Å². The van der Waals surface area contributed by atoms with Crippen LogP contribution in [-0.4, -0.2) is 31.6 Å². The van der Waals surface area contributed by atoms with E-state index >= 15 is 0 Å². The maximum Gasteiger partial charge on any atom is 0.315 e. The first-order valence-electron chi connectivity index (χ1n) is 5.80. The summed E-state index contributed by atoms with van der Waals surface area (Å²) in [5.74, 6) is -1.08. The number of halogens is 1. The Morgan fingerprint density at radius 2 is 1.84 bits per heavy atom. The van der Waals surface area contributed by atoms with E-state index in [2.05, 4.69) is 22.5 Å². The summed E-state index contributed by atoms with van der Waals surface area (Å²) in [6.07, 6.45) is 1.56. The molecule has 0 radical (unpaired) electrons. The zero-order valence-electron chi connectivity index (χ0n) is 10.4. The lowest BCUT2D eigenvalue weighted by molar-refractivity contribution is 0.0950. The molecule has 1 aromatic rings. The van der Waals surface area contributed by atoms with E-state index in [1.54, 1.807) is 12.1 Å². The molecule has 0 unspecified atom stereocenters. The fraction of sp³-hybridized carbons (Fsp3) is 0.231. The van der Waals surface area contributed by atoms with Crippen molar-refractivity contribution in [1.82, 2.24) is 16.0 Å². The molecule has 0 bridgehead atoms. The molecule has 102 valence electrons. The summed E-state index contributed by atoms with van der Waals surface area (Å²) in [6.45, 7) is 4.30. The van der Waals surface area contributed by atoms with Crippen molar-refractivity contribution in [3.05, 3.63) is 48.3 Å². The summed E-state index contributed by atoms with van der Waals surface area (Å²) in [6, 6.07) is 5.36. The van der Waals surface area contributed by atoms with Crippen molar-refractivity contribution >= 4 is 11.9 Å². The second-order valence-corrected chi connectivity index (χ2v) is 3.66. The number of nitrogens with one attached hydrogen (secondary N) is 3. The summed E-state index contributed by atoms with van der Waals surface area (Å²) < 4.78 is 13.3. The van der Waals surface area contributed by atoms with Crippen LogP contribution in [0.3, 0.4) is 0 Å². The van der Waals surface area contributed by atoms with E-state index in [0.29, 0.717) is 6.54 Å². The van der Waals surface area contributed by atoms with Crippen LogP contribution in [0.5, 0.6) is 0 Å². The van der Waals surface area contributed by atoms with Crippen molar-refractivity contribution in [3.8, 4) is 0 Å². The highest BCUT2D eigenvalue weighted by Gasteiger charge is 2.09. The molecule has 6 heteroatoms. The van der Waals surface area contributed by atoms with E-state index in [0.717, 1.165) is 0 Å². The van der Waals surface area contributed by atoms with Crippen LogP contribution in [0.1, 0.15) is 10.4 Å². The van der Waals surface area contributed by atoms with Gasteiger partial charge in [0.2, 0.25) is 0 Å². The first-order valence-corrected chi connectivity index (χ1v) is 5.80. The number of hydrogen-bond donors (Lipinski definition) is 3. The maximum absolute atomic E-state index is 13.3. The Balaban J connectivity index is 2.26. The Labute approximate surface area is 110 Å². The largest absolute Gasteiger partial charge is 0.350 e. The summed E-state index contributed by atoms with van der Waals surface area (Å²) in [7, 11) is 0. The normalized spacial score (nSPS) is 9.53. The Kier molecular flexibility index (Phi) is 6.08. The van der Waals surface area contributed by atoms with Crippen molar-refractivity contribution in [3.63, 3.8) is 0 Å². The second-order valence-electron chi connectivity index (χ2n) is 3.66. The van der Waals surface area contributed by atoms with Crippen LogP contribution in [-0.2, 0) is 0 Å². The number of urea groups is 1. The minimum atomic E-state index is -0.573. The standard InChI is InChI=1S/C13H16FN3O2/c1-2-7-16-13(19)17-9-8-15-12(18)10-5-3-4-6-11(10)14/h2-6H,1,7-9H2,(H,15,18)(H2,16,17,19). The van der Waals surface area contributed by atoms with Crippen LogP contribution in [0.2, 0.25) is 0 Å². The molecule has 1 rings (SSSR count). The molecule has 3 amide bonds. The zero-order chi connectivity index (χ0) is 14.1. The summed E-state index contributed by atoms with van der Waals surface area (Å²) in [5.41, 5.74) is -0.0152. The average molecular weight is 265 g/mol. The third kappa shape index (κ3) is 5.20. The van der Waals surface area contributed by atoms with Gasteiger partial charge in [0, 0.05) is 19.6 Å². The van der Waals surface area contributed by atoms with Gasteiger partial charge in [0.15, 0.2) is 0 Å². The number of hydrogen-bond acceptors (Lipinski definition) is 2. The number of amides is 3. The molecule has 0 aliphatic carbocycles. The smallest absolute Gasteiger partial charge is 0.315 e. The third-order valence-electron chi connectivity index (χ3n) is 2.22. The van der Waals surface area contributed by atoms with Gasteiger partial charge in [-0.15, -0.1) is 6.58 Å². The maximum atomic E-state index is 13.3. The Morgan fingerprint density at radius 1 is 1.16 bits per heavy atom. The van der Waals surface area contributed by atoms with Crippen LogP contribution >= 0.6 is 0 Å². The van der Waals surface area contributed by atoms with Crippen LogP contribution < -0.4 is 16.0 Å². The number of rotatable bonds is 6. The molecule has 5 nitrogen and oxygen atoms in total. The molecule has 0 aliphatic rings. The van der Waals surface area contributed by atoms with Gasteiger partial charge in [-0.1, -0.05) is 18.2 Å². The monoisotopic (exact) mass is 265 g/mol. The van der Waals surface area contributed by atoms with Crippen molar-refractivity contribution < 1.29 is 14.0 Å².